The molecule has 5 heteroatoms. The third-order valence-corrected chi connectivity index (χ3v) is 4.06. The van der Waals surface area contributed by atoms with Crippen molar-refractivity contribution in [1.82, 2.24) is 5.32 Å². The van der Waals surface area contributed by atoms with Crippen LogP contribution in [0.15, 0.2) is 30.3 Å². The van der Waals surface area contributed by atoms with E-state index >= 15 is 0 Å². The summed E-state index contributed by atoms with van der Waals surface area (Å²) >= 11 is 6.17. The van der Waals surface area contributed by atoms with E-state index in [0.29, 0.717) is 21.9 Å². The Morgan fingerprint density at radius 3 is 2.65 bits per heavy atom. The zero-order chi connectivity index (χ0) is 17.0. The van der Waals surface area contributed by atoms with Crippen LogP contribution in [0.3, 0.4) is 0 Å². The molecule has 1 N–H and O–H groups in total. The van der Waals surface area contributed by atoms with Crippen LogP contribution in [0, 0.1) is 19.7 Å². The Labute approximate surface area is 140 Å². The number of hydrogen-bond donors (Lipinski definition) is 1. The van der Waals surface area contributed by atoms with E-state index in [4.69, 9.17) is 16.3 Å². The van der Waals surface area contributed by atoms with Crippen molar-refractivity contribution in [1.29, 1.82) is 0 Å². The van der Waals surface area contributed by atoms with Crippen LogP contribution in [0.2, 0.25) is 5.02 Å². The highest BCUT2D eigenvalue weighted by molar-refractivity contribution is 6.32. The van der Waals surface area contributed by atoms with E-state index in [9.17, 15) is 9.18 Å². The molecule has 0 aromatic heterocycles. The van der Waals surface area contributed by atoms with E-state index in [-0.39, 0.29) is 18.9 Å². The van der Waals surface area contributed by atoms with Gasteiger partial charge < -0.3 is 10.1 Å². The van der Waals surface area contributed by atoms with E-state index in [2.05, 4.69) is 5.32 Å². The third-order valence-electron chi connectivity index (χ3n) is 3.77. The first-order valence-electron chi connectivity index (χ1n) is 7.28. The number of halogens is 2. The average Bonchev–Trinajstić information content (AvgIpc) is 2.51. The number of hydrogen-bond acceptors (Lipinski definition) is 2. The molecule has 0 aliphatic carbocycles. The molecule has 2 rings (SSSR count). The minimum Gasteiger partial charge on any atom is -0.487 e. The van der Waals surface area contributed by atoms with Gasteiger partial charge >= 0.3 is 0 Å². The molecule has 23 heavy (non-hydrogen) atoms. The fraction of sp³-hybridized carbons (Fsp3) is 0.278. The van der Waals surface area contributed by atoms with Crippen LogP contribution in [0.25, 0.3) is 0 Å². The van der Waals surface area contributed by atoms with Crippen molar-refractivity contribution >= 4 is 17.5 Å². The topological polar surface area (TPSA) is 38.3 Å². The molecule has 0 saturated carbocycles. The average molecular weight is 336 g/mol. The highest BCUT2D eigenvalue weighted by Crippen LogP contribution is 2.29. The molecule has 2 aromatic rings. The lowest BCUT2D eigenvalue weighted by Gasteiger charge is -2.14. The minimum atomic E-state index is -0.397. The Morgan fingerprint density at radius 2 is 1.96 bits per heavy atom. The van der Waals surface area contributed by atoms with E-state index < -0.39 is 5.82 Å². The number of rotatable bonds is 5. The normalized spacial score (nSPS) is 10.5. The molecule has 0 fully saturated rings. The second-order valence-corrected chi connectivity index (χ2v) is 5.79. The van der Waals surface area contributed by atoms with E-state index in [1.165, 1.54) is 6.07 Å². The first-order valence-corrected chi connectivity index (χ1v) is 7.66. The summed E-state index contributed by atoms with van der Waals surface area (Å²) in [5.41, 5.74) is 3.08. The number of aryl methyl sites for hydroxylation is 2. The zero-order valence-corrected chi connectivity index (χ0v) is 14.1. The second-order valence-electron chi connectivity index (χ2n) is 5.38. The highest BCUT2D eigenvalue weighted by atomic mass is 35.5. The maximum Gasteiger partial charge on any atom is 0.224 e. The first-order chi connectivity index (χ1) is 10.9. The summed E-state index contributed by atoms with van der Waals surface area (Å²) in [6.07, 6.45) is 0.105. The van der Waals surface area contributed by atoms with Crippen molar-refractivity contribution in [2.24, 2.45) is 0 Å². The fourth-order valence-corrected chi connectivity index (χ4v) is 2.48. The smallest absolute Gasteiger partial charge is 0.224 e. The van der Waals surface area contributed by atoms with Gasteiger partial charge in [-0.3, -0.25) is 4.79 Å². The molecular weight excluding hydrogens is 317 g/mol. The Hall–Kier alpha value is -2.07. The van der Waals surface area contributed by atoms with Crippen LogP contribution in [-0.2, 0) is 17.8 Å². The van der Waals surface area contributed by atoms with Crippen molar-refractivity contribution in [3.05, 3.63) is 63.4 Å². The molecule has 0 aliphatic rings. The van der Waals surface area contributed by atoms with Gasteiger partial charge in [-0.15, -0.1) is 0 Å². The molecular formula is C18H19ClFNO2. The van der Waals surface area contributed by atoms with Crippen LogP contribution < -0.4 is 10.1 Å². The lowest BCUT2D eigenvalue weighted by molar-refractivity contribution is -0.119. The van der Waals surface area contributed by atoms with Crippen LogP contribution >= 0.6 is 11.6 Å². The van der Waals surface area contributed by atoms with Gasteiger partial charge in [-0.1, -0.05) is 23.7 Å². The quantitative estimate of drug-likeness (QED) is 0.898. The molecule has 0 unspecified atom stereocenters. The number of carbonyl (C=O) groups is 1. The Bertz CT molecular complexity index is 731. The molecule has 0 atom stereocenters. The summed E-state index contributed by atoms with van der Waals surface area (Å²) in [7, 11) is 1.55. The molecule has 3 nitrogen and oxygen atoms in total. The van der Waals surface area contributed by atoms with Crippen LogP contribution in [-0.4, -0.2) is 13.0 Å². The van der Waals surface area contributed by atoms with Crippen molar-refractivity contribution in [3.63, 3.8) is 0 Å². The van der Waals surface area contributed by atoms with E-state index in [0.717, 1.165) is 11.1 Å². The molecule has 2 aromatic carbocycles. The number of carbonyl (C=O) groups excluding carboxylic acids is 1. The monoisotopic (exact) mass is 335 g/mol. The SMILES string of the molecule is CNC(=O)Cc1cccc(F)c1COc1cc(C)c(C)cc1Cl. The number of benzene rings is 2. The zero-order valence-electron chi connectivity index (χ0n) is 13.4. The third kappa shape index (κ3) is 4.23. The van der Waals surface area contributed by atoms with Gasteiger partial charge in [0.15, 0.2) is 0 Å². The molecule has 0 bridgehead atoms. The van der Waals surface area contributed by atoms with Crippen molar-refractivity contribution in [3.8, 4) is 5.75 Å². The summed E-state index contributed by atoms with van der Waals surface area (Å²) in [6.45, 7) is 3.93. The van der Waals surface area contributed by atoms with Gasteiger partial charge in [-0.25, -0.2) is 4.39 Å². The fourth-order valence-electron chi connectivity index (χ4n) is 2.21. The summed E-state index contributed by atoms with van der Waals surface area (Å²) in [4.78, 5) is 11.6. The lowest BCUT2D eigenvalue weighted by Crippen LogP contribution is -2.21. The van der Waals surface area contributed by atoms with Gasteiger partial charge in [-0.05, 0) is 48.7 Å². The predicted molar refractivity (Wildman–Crippen MR) is 89.4 cm³/mol. The summed E-state index contributed by atoms with van der Waals surface area (Å²) in [5, 5.41) is 3.02. The van der Waals surface area contributed by atoms with Gasteiger partial charge in [-0.2, -0.15) is 0 Å². The summed E-state index contributed by atoms with van der Waals surface area (Å²) in [6, 6.07) is 8.31. The van der Waals surface area contributed by atoms with Crippen LogP contribution in [0.4, 0.5) is 4.39 Å². The minimum absolute atomic E-state index is 0.0151. The van der Waals surface area contributed by atoms with Gasteiger partial charge in [0, 0.05) is 12.6 Å². The number of nitrogens with one attached hydrogen (secondary N) is 1. The van der Waals surface area contributed by atoms with Gasteiger partial charge in [0.2, 0.25) is 5.91 Å². The molecule has 0 radical (unpaired) electrons. The number of likely N-dealkylation sites (N-methyl/N-ethyl adjacent to an activating group) is 1. The second kappa shape index (κ2) is 7.47. The molecule has 0 saturated heterocycles. The first kappa shape index (κ1) is 17.3. The largest absolute Gasteiger partial charge is 0.487 e. The standard InChI is InChI=1S/C18H19ClFNO2/c1-11-7-15(19)17(8-12(11)2)23-10-14-13(9-18(22)21-3)5-4-6-16(14)20/h4-8H,9-10H2,1-3H3,(H,21,22). The predicted octanol–water partition coefficient (Wildman–Crippen LogP) is 3.96. The Balaban J connectivity index is 2.23. The number of ether oxygens (including phenoxy) is 1. The number of amides is 1. The molecule has 1 amide bonds. The van der Waals surface area contributed by atoms with Crippen molar-refractivity contribution in [2.75, 3.05) is 7.05 Å². The molecule has 0 heterocycles. The van der Waals surface area contributed by atoms with Gasteiger partial charge in [0.25, 0.3) is 0 Å². The van der Waals surface area contributed by atoms with Crippen molar-refractivity contribution in [2.45, 2.75) is 26.9 Å². The maximum absolute atomic E-state index is 14.1. The molecule has 0 aliphatic heterocycles. The summed E-state index contributed by atoms with van der Waals surface area (Å²) in [5.74, 6) is -0.0728. The Morgan fingerprint density at radius 1 is 1.26 bits per heavy atom. The maximum atomic E-state index is 14.1. The molecule has 0 spiro atoms. The van der Waals surface area contributed by atoms with E-state index in [1.807, 2.05) is 26.0 Å². The van der Waals surface area contributed by atoms with Crippen LogP contribution in [0.1, 0.15) is 22.3 Å². The Kier molecular flexibility index (Phi) is 5.61. The van der Waals surface area contributed by atoms with Crippen molar-refractivity contribution < 1.29 is 13.9 Å². The van der Waals surface area contributed by atoms with Gasteiger partial charge in [0.05, 0.1) is 11.4 Å². The van der Waals surface area contributed by atoms with Crippen LogP contribution in [0.5, 0.6) is 5.75 Å². The molecule has 122 valence electrons. The summed E-state index contributed by atoms with van der Waals surface area (Å²) < 4.78 is 19.8. The highest BCUT2D eigenvalue weighted by Gasteiger charge is 2.13. The van der Waals surface area contributed by atoms with E-state index in [1.54, 1.807) is 19.2 Å². The lowest BCUT2D eigenvalue weighted by atomic mass is 10.0. The van der Waals surface area contributed by atoms with Gasteiger partial charge in [0.1, 0.15) is 18.2 Å².